The molecule has 0 aliphatic heterocycles. The fourth-order valence-electron chi connectivity index (χ4n) is 1.84. The summed E-state index contributed by atoms with van der Waals surface area (Å²) in [4.78, 5) is 4.33. The molecule has 0 heterocycles. The molecule has 1 atom stereocenters. The number of benzene rings is 2. The van der Waals surface area contributed by atoms with Crippen molar-refractivity contribution in [3.05, 3.63) is 65.7 Å². The third-order valence-electron chi connectivity index (χ3n) is 2.86. The van der Waals surface area contributed by atoms with Crippen molar-refractivity contribution in [2.45, 2.75) is 5.92 Å². The lowest BCUT2D eigenvalue weighted by molar-refractivity contribution is 0.869. The van der Waals surface area contributed by atoms with Gasteiger partial charge in [0, 0.05) is 11.9 Å². The molecule has 2 aromatic carbocycles. The molecule has 2 aromatic rings. The Morgan fingerprint density at radius 1 is 1.11 bits per heavy atom. The Bertz CT molecular complexity index is 597. The number of para-hydroxylation sites is 1. The molecule has 0 aromatic heterocycles. The summed E-state index contributed by atoms with van der Waals surface area (Å²) in [5.41, 5.74) is 8.39. The largest absolute Gasteiger partial charge is 0.398 e. The summed E-state index contributed by atoms with van der Waals surface area (Å²) in [7, 11) is 0. The fourth-order valence-corrected chi connectivity index (χ4v) is 1.84. The van der Waals surface area contributed by atoms with E-state index in [1.54, 1.807) is 12.3 Å². The van der Waals surface area contributed by atoms with Crippen LogP contribution in [0.25, 0.3) is 0 Å². The maximum Gasteiger partial charge on any atom is 0.0927 e. The van der Waals surface area contributed by atoms with Crippen molar-refractivity contribution >= 4 is 11.9 Å². The summed E-state index contributed by atoms with van der Waals surface area (Å²) in [6, 6.07) is 19.5. The van der Waals surface area contributed by atoms with Gasteiger partial charge in [0.15, 0.2) is 0 Å². The molecule has 0 fully saturated rings. The Kier molecular flexibility index (Phi) is 4.30. The first-order chi connectivity index (χ1) is 9.31. The predicted octanol–water partition coefficient (Wildman–Crippen LogP) is 3.00. The van der Waals surface area contributed by atoms with E-state index in [-0.39, 0.29) is 5.92 Å². The summed E-state index contributed by atoms with van der Waals surface area (Å²) < 4.78 is 0. The number of aliphatic imine (C=N–C) groups is 1. The monoisotopic (exact) mass is 249 g/mol. The molecule has 0 spiro atoms. The second-order valence-electron chi connectivity index (χ2n) is 4.22. The zero-order valence-corrected chi connectivity index (χ0v) is 10.5. The first-order valence-electron chi connectivity index (χ1n) is 6.10. The van der Waals surface area contributed by atoms with Crippen LogP contribution >= 0.6 is 0 Å². The Balaban J connectivity index is 2.07. The third kappa shape index (κ3) is 3.43. The maximum absolute atomic E-state index is 9.22. The maximum atomic E-state index is 9.22. The Morgan fingerprint density at radius 2 is 1.79 bits per heavy atom. The number of rotatable bonds is 4. The van der Waals surface area contributed by atoms with Crippen molar-refractivity contribution < 1.29 is 0 Å². The van der Waals surface area contributed by atoms with Crippen molar-refractivity contribution in [2.75, 3.05) is 12.3 Å². The molecule has 0 amide bonds. The van der Waals surface area contributed by atoms with E-state index >= 15 is 0 Å². The van der Waals surface area contributed by atoms with Crippen LogP contribution in [0, 0.1) is 11.3 Å². The van der Waals surface area contributed by atoms with Crippen LogP contribution in [0.1, 0.15) is 17.0 Å². The van der Waals surface area contributed by atoms with Crippen LogP contribution in [0.2, 0.25) is 0 Å². The van der Waals surface area contributed by atoms with E-state index in [2.05, 4.69) is 11.1 Å². The van der Waals surface area contributed by atoms with Gasteiger partial charge < -0.3 is 5.73 Å². The molecule has 0 aliphatic carbocycles. The highest BCUT2D eigenvalue weighted by atomic mass is 14.7. The summed E-state index contributed by atoms with van der Waals surface area (Å²) in [5, 5.41) is 9.22. The normalized spacial score (nSPS) is 12.2. The lowest BCUT2D eigenvalue weighted by Crippen LogP contribution is -2.04. The summed E-state index contributed by atoms with van der Waals surface area (Å²) in [5.74, 6) is -0.304. The van der Waals surface area contributed by atoms with Gasteiger partial charge in [0.25, 0.3) is 0 Å². The first-order valence-corrected chi connectivity index (χ1v) is 6.10. The van der Waals surface area contributed by atoms with Gasteiger partial charge in [0.1, 0.15) is 0 Å². The van der Waals surface area contributed by atoms with Crippen LogP contribution in [-0.2, 0) is 0 Å². The van der Waals surface area contributed by atoms with Crippen LogP contribution in [0.5, 0.6) is 0 Å². The number of hydrogen-bond donors (Lipinski definition) is 1. The smallest absolute Gasteiger partial charge is 0.0927 e. The molecular formula is C16H15N3. The molecule has 3 nitrogen and oxygen atoms in total. The van der Waals surface area contributed by atoms with Crippen molar-refractivity contribution in [2.24, 2.45) is 4.99 Å². The molecule has 0 bridgehead atoms. The minimum absolute atomic E-state index is 0.304. The average molecular weight is 249 g/mol. The number of anilines is 1. The number of nitrogens with two attached hydrogens (primary N) is 1. The number of hydrogen-bond acceptors (Lipinski definition) is 3. The zero-order valence-electron chi connectivity index (χ0n) is 10.5. The topological polar surface area (TPSA) is 62.2 Å². The second kappa shape index (κ2) is 6.36. The van der Waals surface area contributed by atoms with E-state index in [0.717, 1.165) is 11.1 Å². The van der Waals surface area contributed by atoms with Crippen molar-refractivity contribution in [1.29, 1.82) is 5.26 Å². The van der Waals surface area contributed by atoms with Gasteiger partial charge in [-0.3, -0.25) is 4.99 Å². The molecule has 0 aliphatic rings. The molecular weight excluding hydrogens is 234 g/mol. The second-order valence-corrected chi connectivity index (χ2v) is 4.22. The Morgan fingerprint density at radius 3 is 2.47 bits per heavy atom. The Labute approximate surface area is 113 Å². The van der Waals surface area contributed by atoms with Crippen molar-refractivity contribution in [1.82, 2.24) is 0 Å². The molecule has 2 rings (SSSR count). The number of nitrogens with zero attached hydrogens (tertiary/aromatic N) is 2. The number of nitriles is 1. The van der Waals surface area contributed by atoms with E-state index in [1.807, 2.05) is 48.5 Å². The van der Waals surface area contributed by atoms with Gasteiger partial charge in [-0.1, -0.05) is 48.5 Å². The van der Waals surface area contributed by atoms with Crippen LogP contribution in [-0.4, -0.2) is 12.8 Å². The van der Waals surface area contributed by atoms with Gasteiger partial charge in [-0.25, -0.2) is 0 Å². The molecule has 19 heavy (non-hydrogen) atoms. The van der Waals surface area contributed by atoms with Crippen molar-refractivity contribution in [3.8, 4) is 6.07 Å². The van der Waals surface area contributed by atoms with E-state index in [1.165, 1.54) is 0 Å². The fraction of sp³-hybridized carbons (Fsp3) is 0.125. The quantitative estimate of drug-likeness (QED) is 0.668. The highest BCUT2D eigenvalue weighted by Gasteiger charge is 2.11. The van der Waals surface area contributed by atoms with Gasteiger partial charge in [-0.15, -0.1) is 0 Å². The van der Waals surface area contributed by atoms with Gasteiger partial charge in [0.2, 0.25) is 0 Å². The van der Waals surface area contributed by atoms with E-state index < -0.39 is 0 Å². The van der Waals surface area contributed by atoms with Crippen LogP contribution < -0.4 is 5.73 Å². The molecule has 3 heteroatoms. The van der Waals surface area contributed by atoms with E-state index in [9.17, 15) is 5.26 Å². The molecule has 2 N–H and O–H groups in total. The lowest BCUT2D eigenvalue weighted by Gasteiger charge is -2.09. The SMILES string of the molecule is N#CC(CN=Cc1ccccc1)c1ccccc1N. The Hall–Kier alpha value is -2.60. The summed E-state index contributed by atoms with van der Waals surface area (Å²) in [6.45, 7) is 0.416. The van der Waals surface area contributed by atoms with Crippen molar-refractivity contribution in [3.63, 3.8) is 0 Å². The summed E-state index contributed by atoms with van der Waals surface area (Å²) >= 11 is 0. The van der Waals surface area contributed by atoms with Crippen LogP contribution in [0.4, 0.5) is 5.69 Å². The highest BCUT2D eigenvalue weighted by Crippen LogP contribution is 2.21. The molecule has 0 saturated heterocycles. The molecule has 0 radical (unpaired) electrons. The van der Waals surface area contributed by atoms with Crippen LogP contribution in [0.15, 0.2) is 59.6 Å². The standard InChI is InChI=1S/C16H15N3/c17-10-14(15-8-4-5-9-16(15)18)12-19-11-13-6-2-1-3-7-13/h1-9,11,14H,12,18H2. The van der Waals surface area contributed by atoms with Gasteiger partial charge in [0.05, 0.1) is 18.5 Å². The number of nitrogen functional groups attached to an aromatic ring is 1. The average Bonchev–Trinajstić information content (AvgIpc) is 2.46. The third-order valence-corrected chi connectivity index (χ3v) is 2.86. The van der Waals surface area contributed by atoms with Gasteiger partial charge in [-0.05, 0) is 17.2 Å². The highest BCUT2D eigenvalue weighted by molar-refractivity contribution is 5.79. The minimum atomic E-state index is -0.304. The zero-order chi connectivity index (χ0) is 13.5. The summed E-state index contributed by atoms with van der Waals surface area (Å²) in [6.07, 6.45) is 1.78. The molecule has 1 unspecified atom stereocenters. The first kappa shape index (κ1) is 12.8. The van der Waals surface area contributed by atoms with Gasteiger partial charge in [-0.2, -0.15) is 5.26 Å². The van der Waals surface area contributed by atoms with E-state index in [0.29, 0.717) is 12.2 Å². The van der Waals surface area contributed by atoms with Gasteiger partial charge >= 0.3 is 0 Å². The lowest BCUT2D eigenvalue weighted by atomic mass is 9.99. The predicted molar refractivity (Wildman–Crippen MR) is 78.1 cm³/mol. The molecule has 0 saturated carbocycles. The van der Waals surface area contributed by atoms with Crippen LogP contribution in [0.3, 0.4) is 0 Å². The molecule has 94 valence electrons. The minimum Gasteiger partial charge on any atom is -0.398 e. The van der Waals surface area contributed by atoms with E-state index in [4.69, 9.17) is 5.73 Å².